The Hall–Kier alpha value is -3.47. The van der Waals surface area contributed by atoms with Gasteiger partial charge in [-0.15, -0.1) is 0 Å². The Morgan fingerprint density at radius 1 is 1.00 bits per heavy atom. The predicted octanol–water partition coefficient (Wildman–Crippen LogP) is 5.01. The number of aromatic nitrogens is 1. The smallest absolute Gasteiger partial charge is 0.322 e. The van der Waals surface area contributed by atoms with Crippen LogP contribution in [0.15, 0.2) is 83.6 Å². The van der Waals surface area contributed by atoms with E-state index in [4.69, 9.17) is 4.42 Å². The molecule has 4 aromatic rings. The van der Waals surface area contributed by atoms with Gasteiger partial charge in [-0.3, -0.25) is 0 Å². The van der Waals surface area contributed by atoms with Crippen molar-refractivity contribution in [3.8, 4) is 0 Å². The lowest BCUT2D eigenvalue weighted by molar-refractivity contribution is 0.200. The van der Waals surface area contributed by atoms with Crippen LogP contribution in [0.1, 0.15) is 11.5 Å². The Kier molecular flexibility index (Phi) is 4.66. The Balaban J connectivity index is 1.60. The molecule has 5 heteroatoms. The van der Waals surface area contributed by atoms with Gasteiger partial charge < -0.3 is 19.2 Å². The number of hydrogen-bond donors (Lipinski definition) is 1. The lowest BCUT2D eigenvalue weighted by Crippen LogP contribution is -2.34. The molecule has 5 nitrogen and oxygen atoms in total. The van der Waals surface area contributed by atoms with Crippen LogP contribution < -0.4 is 5.32 Å². The highest BCUT2D eigenvalue weighted by Crippen LogP contribution is 2.24. The van der Waals surface area contributed by atoms with Gasteiger partial charge in [0.1, 0.15) is 5.76 Å². The second kappa shape index (κ2) is 7.41. The molecule has 0 saturated carbocycles. The van der Waals surface area contributed by atoms with E-state index in [0.717, 1.165) is 27.9 Å². The van der Waals surface area contributed by atoms with Crippen molar-refractivity contribution in [1.82, 2.24) is 9.47 Å². The van der Waals surface area contributed by atoms with Crippen LogP contribution in [0.5, 0.6) is 0 Å². The average molecular weight is 359 g/mol. The fourth-order valence-electron chi connectivity index (χ4n) is 3.18. The van der Waals surface area contributed by atoms with Crippen LogP contribution in [-0.2, 0) is 20.1 Å². The van der Waals surface area contributed by atoms with Crippen LogP contribution in [0.2, 0.25) is 0 Å². The third kappa shape index (κ3) is 3.72. The molecule has 136 valence electrons. The predicted molar refractivity (Wildman–Crippen MR) is 106 cm³/mol. The van der Waals surface area contributed by atoms with Gasteiger partial charge in [0.25, 0.3) is 0 Å². The number of urea groups is 1. The number of nitrogens with zero attached hydrogens (tertiary/aromatic N) is 2. The molecule has 0 fully saturated rings. The Morgan fingerprint density at radius 2 is 1.85 bits per heavy atom. The summed E-state index contributed by atoms with van der Waals surface area (Å²) in [5.41, 5.74) is 1.85. The highest BCUT2D eigenvalue weighted by molar-refractivity contribution is 6.01. The first-order valence-electron chi connectivity index (χ1n) is 8.87. The zero-order valence-corrected chi connectivity index (χ0v) is 15.1. The van der Waals surface area contributed by atoms with Crippen LogP contribution in [0.25, 0.3) is 10.8 Å². The zero-order chi connectivity index (χ0) is 18.6. The summed E-state index contributed by atoms with van der Waals surface area (Å²) in [5.74, 6) is 0.747. The molecular weight excluding hydrogens is 338 g/mol. The van der Waals surface area contributed by atoms with E-state index >= 15 is 0 Å². The van der Waals surface area contributed by atoms with E-state index in [9.17, 15) is 4.79 Å². The van der Waals surface area contributed by atoms with E-state index in [1.54, 1.807) is 11.2 Å². The molecular formula is C22H21N3O2. The third-order valence-corrected chi connectivity index (χ3v) is 4.65. The van der Waals surface area contributed by atoms with Crippen molar-refractivity contribution in [3.05, 3.63) is 90.6 Å². The molecule has 0 bridgehead atoms. The minimum Gasteiger partial charge on any atom is -0.467 e. The standard InChI is InChI=1S/C22H21N3O2/c1-24-13-5-9-18(24)15-25(16-19-10-6-14-27-19)22(26)23-21-12-4-8-17-7-2-3-11-20(17)21/h2-14H,15-16H2,1H3,(H,23,26). The number of anilines is 1. The summed E-state index contributed by atoms with van der Waals surface area (Å²) in [7, 11) is 1.98. The van der Waals surface area contributed by atoms with E-state index in [-0.39, 0.29) is 6.03 Å². The van der Waals surface area contributed by atoms with Gasteiger partial charge in [-0.25, -0.2) is 4.79 Å². The second-order valence-corrected chi connectivity index (χ2v) is 6.50. The van der Waals surface area contributed by atoms with Crippen molar-refractivity contribution in [2.45, 2.75) is 13.1 Å². The summed E-state index contributed by atoms with van der Waals surface area (Å²) in [5, 5.41) is 5.18. The number of amides is 2. The fourth-order valence-corrected chi connectivity index (χ4v) is 3.18. The first-order chi connectivity index (χ1) is 13.2. The SMILES string of the molecule is Cn1cccc1CN(Cc1ccco1)C(=O)Nc1cccc2ccccc12. The minimum atomic E-state index is -0.163. The maximum absolute atomic E-state index is 13.1. The summed E-state index contributed by atoms with van der Waals surface area (Å²) in [6.07, 6.45) is 3.60. The number of nitrogens with one attached hydrogen (secondary N) is 1. The molecule has 0 unspecified atom stereocenters. The van der Waals surface area contributed by atoms with Crippen molar-refractivity contribution in [3.63, 3.8) is 0 Å². The van der Waals surface area contributed by atoms with Gasteiger partial charge in [0.15, 0.2) is 0 Å². The third-order valence-electron chi connectivity index (χ3n) is 4.65. The number of furan rings is 1. The molecule has 0 saturated heterocycles. The molecule has 4 rings (SSSR count). The topological polar surface area (TPSA) is 50.4 Å². The number of carbonyl (C=O) groups excluding carboxylic acids is 1. The summed E-state index contributed by atoms with van der Waals surface area (Å²) >= 11 is 0. The van der Waals surface area contributed by atoms with Crippen molar-refractivity contribution in [1.29, 1.82) is 0 Å². The number of fused-ring (bicyclic) bond motifs is 1. The highest BCUT2D eigenvalue weighted by atomic mass is 16.3. The van der Waals surface area contributed by atoms with E-state index in [0.29, 0.717) is 13.1 Å². The van der Waals surface area contributed by atoms with Crippen molar-refractivity contribution >= 4 is 22.5 Å². The van der Waals surface area contributed by atoms with Crippen LogP contribution in [0.4, 0.5) is 10.5 Å². The van der Waals surface area contributed by atoms with E-state index in [1.807, 2.05) is 84.5 Å². The second-order valence-electron chi connectivity index (χ2n) is 6.50. The van der Waals surface area contributed by atoms with E-state index in [1.165, 1.54) is 0 Å². The van der Waals surface area contributed by atoms with Gasteiger partial charge in [0.2, 0.25) is 0 Å². The molecule has 2 heterocycles. The molecule has 0 spiro atoms. The van der Waals surface area contributed by atoms with Gasteiger partial charge in [0, 0.05) is 24.3 Å². The Morgan fingerprint density at radius 3 is 2.63 bits per heavy atom. The quantitative estimate of drug-likeness (QED) is 0.545. The molecule has 2 aromatic carbocycles. The van der Waals surface area contributed by atoms with Crippen molar-refractivity contribution < 1.29 is 9.21 Å². The number of benzene rings is 2. The summed E-state index contributed by atoms with van der Waals surface area (Å²) in [4.78, 5) is 14.8. The summed E-state index contributed by atoms with van der Waals surface area (Å²) in [6.45, 7) is 0.885. The maximum Gasteiger partial charge on any atom is 0.322 e. The van der Waals surface area contributed by atoms with E-state index < -0.39 is 0 Å². The van der Waals surface area contributed by atoms with Gasteiger partial charge >= 0.3 is 6.03 Å². The average Bonchev–Trinajstić information content (AvgIpc) is 3.33. The highest BCUT2D eigenvalue weighted by Gasteiger charge is 2.18. The molecule has 27 heavy (non-hydrogen) atoms. The fraction of sp³-hybridized carbons (Fsp3) is 0.136. The first kappa shape index (κ1) is 17.0. The molecule has 2 aromatic heterocycles. The Labute approximate surface area is 157 Å². The lowest BCUT2D eigenvalue weighted by atomic mass is 10.1. The van der Waals surface area contributed by atoms with Gasteiger partial charge in [-0.05, 0) is 35.7 Å². The number of carbonyl (C=O) groups is 1. The molecule has 0 aliphatic rings. The number of hydrogen-bond acceptors (Lipinski definition) is 2. The summed E-state index contributed by atoms with van der Waals surface area (Å²) in [6, 6.07) is 21.5. The summed E-state index contributed by atoms with van der Waals surface area (Å²) < 4.78 is 7.47. The zero-order valence-electron chi connectivity index (χ0n) is 15.1. The number of rotatable bonds is 5. The van der Waals surface area contributed by atoms with E-state index in [2.05, 4.69) is 5.32 Å². The molecule has 2 amide bonds. The maximum atomic E-state index is 13.1. The minimum absolute atomic E-state index is 0.163. The first-order valence-corrected chi connectivity index (χ1v) is 8.87. The molecule has 0 aliphatic heterocycles. The van der Waals surface area contributed by atoms with Gasteiger partial charge in [-0.1, -0.05) is 36.4 Å². The lowest BCUT2D eigenvalue weighted by Gasteiger charge is -2.23. The van der Waals surface area contributed by atoms with Crippen LogP contribution in [0.3, 0.4) is 0 Å². The molecule has 0 aliphatic carbocycles. The van der Waals surface area contributed by atoms with Crippen LogP contribution >= 0.6 is 0 Å². The van der Waals surface area contributed by atoms with Crippen LogP contribution in [-0.4, -0.2) is 15.5 Å². The van der Waals surface area contributed by atoms with Crippen molar-refractivity contribution in [2.24, 2.45) is 7.05 Å². The van der Waals surface area contributed by atoms with Gasteiger partial charge in [0.05, 0.1) is 25.0 Å². The largest absolute Gasteiger partial charge is 0.467 e. The normalized spacial score (nSPS) is 10.9. The molecule has 0 radical (unpaired) electrons. The van der Waals surface area contributed by atoms with Crippen LogP contribution in [0, 0.1) is 0 Å². The molecule has 0 atom stereocenters. The monoisotopic (exact) mass is 359 g/mol. The van der Waals surface area contributed by atoms with Crippen molar-refractivity contribution in [2.75, 3.05) is 5.32 Å². The number of aryl methyl sites for hydroxylation is 1. The Bertz CT molecular complexity index is 1050. The molecule has 1 N–H and O–H groups in total. The van der Waals surface area contributed by atoms with Gasteiger partial charge in [-0.2, -0.15) is 0 Å².